The van der Waals surface area contributed by atoms with Crippen molar-refractivity contribution >= 4 is 11.7 Å². The molecule has 0 spiro atoms. The highest BCUT2D eigenvalue weighted by Crippen LogP contribution is 2.19. The van der Waals surface area contributed by atoms with Gasteiger partial charge in [0.2, 0.25) is 5.91 Å². The number of para-hydroxylation sites is 1. The zero-order chi connectivity index (χ0) is 14.5. The third kappa shape index (κ3) is 3.41. The Morgan fingerprint density at radius 2 is 2.19 bits per heavy atom. The number of carbonyl (C=O) groups excluding carboxylic acids is 1. The van der Waals surface area contributed by atoms with Crippen LogP contribution in [0.4, 0.5) is 5.82 Å². The maximum atomic E-state index is 11.9. The molecular formula is C15H18N4O2. The first-order valence-electron chi connectivity index (χ1n) is 7.07. The molecular weight excluding hydrogens is 268 g/mol. The molecule has 6 nitrogen and oxygen atoms in total. The predicted molar refractivity (Wildman–Crippen MR) is 79.2 cm³/mol. The van der Waals surface area contributed by atoms with Gasteiger partial charge in [0.1, 0.15) is 5.75 Å². The van der Waals surface area contributed by atoms with Crippen molar-refractivity contribution in [3.63, 3.8) is 0 Å². The number of aromatic nitrogens is 2. The zero-order valence-corrected chi connectivity index (χ0v) is 11.7. The number of anilines is 1. The second kappa shape index (κ2) is 6.41. The van der Waals surface area contributed by atoms with Crippen LogP contribution in [0, 0.1) is 0 Å². The number of ether oxygens (including phenoxy) is 1. The fraction of sp³-hybridized carbons (Fsp3) is 0.333. The molecule has 0 fully saturated rings. The van der Waals surface area contributed by atoms with Crippen molar-refractivity contribution in [2.75, 3.05) is 18.5 Å². The highest BCUT2D eigenvalue weighted by molar-refractivity contribution is 5.90. The Hall–Kier alpha value is -2.34. The molecule has 0 unspecified atom stereocenters. The van der Waals surface area contributed by atoms with Crippen LogP contribution in [0.1, 0.15) is 17.7 Å². The smallest absolute Gasteiger partial charge is 0.229 e. The minimum atomic E-state index is -0.0845. The van der Waals surface area contributed by atoms with Crippen molar-refractivity contribution in [2.45, 2.75) is 19.4 Å². The summed E-state index contributed by atoms with van der Waals surface area (Å²) in [4.78, 5) is 11.9. The van der Waals surface area contributed by atoms with E-state index < -0.39 is 0 Å². The molecule has 3 rings (SSSR count). The maximum absolute atomic E-state index is 11.9. The molecule has 3 N–H and O–H groups in total. The molecule has 0 saturated heterocycles. The molecule has 2 heterocycles. The van der Waals surface area contributed by atoms with E-state index in [0.717, 1.165) is 36.5 Å². The molecule has 1 amide bonds. The fourth-order valence-electron chi connectivity index (χ4n) is 2.32. The van der Waals surface area contributed by atoms with Crippen LogP contribution < -0.4 is 15.4 Å². The largest absolute Gasteiger partial charge is 0.493 e. The first-order valence-corrected chi connectivity index (χ1v) is 7.07. The van der Waals surface area contributed by atoms with E-state index in [4.69, 9.17) is 4.74 Å². The number of carbonyl (C=O) groups is 1. The van der Waals surface area contributed by atoms with Crippen LogP contribution in [0.5, 0.6) is 5.75 Å². The Balaban J connectivity index is 1.49. The second-order valence-corrected chi connectivity index (χ2v) is 4.92. The summed E-state index contributed by atoms with van der Waals surface area (Å²) < 4.78 is 5.51. The molecule has 21 heavy (non-hydrogen) atoms. The zero-order valence-electron chi connectivity index (χ0n) is 11.7. The van der Waals surface area contributed by atoms with Crippen LogP contribution in [0.15, 0.2) is 30.3 Å². The fourth-order valence-corrected chi connectivity index (χ4v) is 2.32. The summed E-state index contributed by atoms with van der Waals surface area (Å²) in [7, 11) is 0. The van der Waals surface area contributed by atoms with E-state index in [2.05, 4.69) is 20.8 Å². The normalized spacial score (nSPS) is 13.5. The van der Waals surface area contributed by atoms with Gasteiger partial charge in [-0.15, -0.1) is 0 Å². The first kappa shape index (κ1) is 13.6. The lowest BCUT2D eigenvalue weighted by Crippen LogP contribution is -2.24. The van der Waals surface area contributed by atoms with Crippen molar-refractivity contribution in [3.8, 4) is 5.75 Å². The average molecular weight is 286 g/mol. The molecule has 1 aromatic carbocycles. The van der Waals surface area contributed by atoms with Gasteiger partial charge >= 0.3 is 0 Å². The van der Waals surface area contributed by atoms with E-state index in [1.54, 1.807) is 0 Å². The molecule has 110 valence electrons. The molecule has 0 atom stereocenters. The van der Waals surface area contributed by atoms with Crippen LogP contribution in [-0.4, -0.2) is 29.3 Å². The van der Waals surface area contributed by atoms with E-state index in [1.807, 2.05) is 30.3 Å². The average Bonchev–Trinajstić information content (AvgIpc) is 2.92. The highest BCUT2D eigenvalue weighted by atomic mass is 16.5. The summed E-state index contributed by atoms with van der Waals surface area (Å²) in [6.45, 7) is 2.03. The van der Waals surface area contributed by atoms with Gasteiger partial charge in [0.25, 0.3) is 0 Å². The van der Waals surface area contributed by atoms with Crippen molar-refractivity contribution in [1.29, 1.82) is 0 Å². The molecule has 0 aliphatic carbocycles. The molecule has 0 radical (unpaired) electrons. The molecule has 0 bridgehead atoms. The van der Waals surface area contributed by atoms with Crippen molar-refractivity contribution in [1.82, 2.24) is 15.5 Å². The van der Waals surface area contributed by atoms with Crippen LogP contribution in [0.2, 0.25) is 0 Å². The Morgan fingerprint density at radius 1 is 1.33 bits per heavy atom. The molecule has 6 heteroatoms. The lowest BCUT2D eigenvalue weighted by Gasteiger charge is -2.13. The lowest BCUT2D eigenvalue weighted by atomic mass is 10.1. The van der Waals surface area contributed by atoms with Crippen molar-refractivity contribution in [2.24, 2.45) is 0 Å². The van der Waals surface area contributed by atoms with Gasteiger partial charge in [-0.2, -0.15) is 5.10 Å². The number of nitrogens with zero attached hydrogens (tertiary/aromatic N) is 1. The summed E-state index contributed by atoms with van der Waals surface area (Å²) in [5.41, 5.74) is 2.16. The quantitative estimate of drug-likeness (QED) is 0.777. The minimum absolute atomic E-state index is 0.0845. The molecule has 2 aromatic rings. The number of H-pyrrole nitrogens is 1. The topological polar surface area (TPSA) is 79.0 Å². The monoisotopic (exact) mass is 286 g/mol. The van der Waals surface area contributed by atoms with Crippen LogP contribution in [0.25, 0.3) is 0 Å². The molecule has 1 aliphatic rings. The summed E-state index contributed by atoms with van der Waals surface area (Å²) in [5, 5.41) is 13.2. The van der Waals surface area contributed by atoms with E-state index >= 15 is 0 Å². The third-order valence-corrected chi connectivity index (χ3v) is 3.41. The van der Waals surface area contributed by atoms with E-state index in [9.17, 15) is 4.79 Å². The van der Waals surface area contributed by atoms with E-state index in [1.165, 1.54) is 0 Å². The molecule has 1 aromatic heterocycles. The van der Waals surface area contributed by atoms with Gasteiger partial charge in [-0.3, -0.25) is 9.89 Å². The SMILES string of the molecule is O=C(CCOc1ccccc1)Nc1n[nH]c2c1CCNC2. The lowest BCUT2D eigenvalue weighted by molar-refractivity contribution is -0.116. The number of rotatable bonds is 5. The summed E-state index contributed by atoms with van der Waals surface area (Å²) >= 11 is 0. The van der Waals surface area contributed by atoms with Gasteiger partial charge in [0.05, 0.1) is 18.7 Å². The first-order chi connectivity index (χ1) is 10.3. The van der Waals surface area contributed by atoms with Crippen molar-refractivity contribution in [3.05, 3.63) is 41.6 Å². The van der Waals surface area contributed by atoms with Gasteiger partial charge in [-0.1, -0.05) is 18.2 Å². The Morgan fingerprint density at radius 3 is 3.05 bits per heavy atom. The van der Waals surface area contributed by atoms with E-state index in [-0.39, 0.29) is 5.91 Å². The molecule has 1 aliphatic heterocycles. The Kier molecular flexibility index (Phi) is 4.16. The van der Waals surface area contributed by atoms with Gasteiger partial charge in [0, 0.05) is 12.1 Å². The molecule has 0 saturated carbocycles. The van der Waals surface area contributed by atoms with Gasteiger partial charge in [0.15, 0.2) is 5.82 Å². The van der Waals surface area contributed by atoms with Gasteiger partial charge in [-0.25, -0.2) is 0 Å². The summed E-state index contributed by atoms with van der Waals surface area (Å²) in [6.07, 6.45) is 1.18. The number of nitrogens with one attached hydrogen (secondary N) is 3. The van der Waals surface area contributed by atoms with Gasteiger partial charge < -0.3 is 15.4 Å². The van der Waals surface area contributed by atoms with Crippen LogP contribution in [-0.2, 0) is 17.8 Å². The summed E-state index contributed by atoms with van der Waals surface area (Å²) in [5.74, 6) is 1.34. The Labute approximate surface area is 122 Å². The number of hydrogen-bond donors (Lipinski definition) is 3. The predicted octanol–water partition coefficient (Wildman–Crippen LogP) is 1.46. The van der Waals surface area contributed by atoms with Gasteiger partial charge in [-0.05, 0) is 25.1 Å². The minimum Gasteiger partial charge on any atom is -0.493 e. The highest BCUT2D eigenvalue weighted by Gasteiger charge is 2.17. The number of amides is 1. The maximum Gasteiger partial charge on any atom is 0.229 e. The number of hydrogen-bond acceptors (Lipinski definition) is 4. The Bertz CT molecular complexity index is 609. The van der Waals surface area contributed by atoms with Crippen LogP contribution >= 0.6 is 0 Å². The van der Waals surface area contributed by atoms with Crippen molar-refractivity contribution < 1.29 is 9.53 Å². The summed E-state index contributed by atoms with van der Waals surface area (Å²) in [6, 6.07) is 9.47. The number of fused-ring (bicyclic) bond motifs is 1. The standard InChI is InChI=1S/C15H18N4O2/c20-14(7-9-21-11-4-2-1-3-5-11)17-15-12-6-8-16-10-13(12)18-19-15/h1-5,16H,6-10H2,(H2,17,18,19,20). The van der Waals surface area contributed by atoms with Crippen LogP contribution in [0.3, 0.4) is 0 Å². The number of benzene rings is 1. The number of aromatic amines is 1. The second-order valence-electron chi connectivity index (χ2n) is 4.92. The third-order valence-electron chi connectivity index (χ3n) is 3.41. The van der Waals surface area contributed by atoms with E-state index in [0.29, 0.717) is 18.8 Å².